The van der Waals surface area contributed by atoms with Gasteiger partial charge in [0.05, 0.1) is 5.41 Å². The molecule has 6 heteroatoms. The molecule has 3 N–H and O–H groups in total. The van der Waals surface area contributed by atoms with Crippen molar-refractivity contribution in [1.29, 1.82) is 0 Å². The van der Waals surface area contributed by atoms with E-state index < -0.39 is 11.4 Å². The van der Waals surface area contributed by atoms with Crippen LogP contribution in [0.4, 0.5) is 4.79 Å². The van der Waals surface area contributed by atoms with Crippen LogP contribution in [-0.4, -0.2) is 42.4 Å². The Balaban J connectivity index is 1.86. The number of amides is 2. The third-order valence-electron chi connectivity index (χ3n) is 4.61. The maximum absolute atomic E-state index is 12.0. The largest absolute Gasteiger partial charge is 0.481 e. The van der Waals surface area contributed by atoms with Crippen LogP contribution >= 0.6 is 0 Å². The molecule has 1 aliphatic heterocycles. The molecule has 2 rings (SSSR count). The van der Waals surface area contributed by atoms with Crippen molar-refractivity contribution >= 4 is 12.0 Å². The summed E-state index contributed by atoms with van der Waals surface area (Å²) in [5.74, 6) is -0.854. The fourth-order valence-corrected chi connectivity index (χ4v) is 3.08. The Morgan fingerprint density at radius 2 is 1.75 bits per heavy atom. The van der Waals surface area contributed by atoms with E-state index in [4.69, 9.17) is 4.74 Å². The molecule has 0 spiro atoms. The molecular formula is C14H24N2O4. The topological polar surface area (TPSA) is 87.7 Å². The first-order chi connectivity index (χ1) is 9.46. The molecule has 0 unspecified atom stereocenters. The van der Waals surface area contributed by atoms with Gasteiger partial charge in [-0.15, -0.1) is 0 Å². The fourth-order valence-electron chi connectivity index (χ4n) is 3.08. The maximum atomic E-state index is 12.0. The molecule has 0 bridgehead atoms. The van der Waals surface area contributed by atoms with Crippen molar-refractivity contribution in [3.05, 3.63) is 0 Å². The normalized spacial score (nSPS) is 24.1. The summed E-state index contributed by atoms with van der Waals surface area (Å²) in [6.45, 7) is 3.08. The maximum Gasteiger partial charge on any atom is 0.315 e. The van der Waals surface area contributed by atoms with Gasteiger partial charge >= 0.3 is 12.0 Å². The van der Waals surface area contributed by atoms with Gasteiger partial charge in [0, 0.05) is 25.3 Å². The quantitative estimate of drug-likeness (QED) is 0.730. The lowest BCUT2D eigenvalue weighted by atomic mass is 9.80. The summed E-state index contributed by atoms with van der Waals surface area (Å²) in [4.78, 5) is 23.4. The molecule has 20 heavy (non-hydrogen) atoms. The Morgan fingerprint density at radius 3 is 2.30 bits per heavy atom. The summed E-state index contributed by atoms with van der Waals surface area (Å²) in [6.07, 6.45) is 5.12. The predicted octanol–water partition coefficient (Wildman–Crippen LogP) is 1.50. The number of rotatable bonds is 4. The molecule has 1 saturated heterocycles. The lowest BCUT2D eigenvalue weighted by Gasteiger charge is -2.34. The van der Waals surface area contributed by atoms with E-state index in [1.165, 1.54) is 0 Å². The predicted molar refractivity (Wildman–Crippen MR) is 73.5 cm³/mol. The monoisotopic (exact) mass is 284 g/mol. The van der Waals surface area contributed by atoms with E-state index >= 15 is 0 Å². The van der Waals surface area contributed by atoms with Crippen molar-refractivity contribution in [3.8, 4) is 0 Å². The highest BCUT2D eigenvalue weighted by Gasteiger charge is 2.41. The third kappa shape index (κ3) is 3.42. The van der Waals surface area contributed by atoms with Crippen LogP contribution in [-0.2, 0) is 9.53 Å². The number of nitrogens with one attached hydrogen (secondary N) is 2. The zero-order valence-corrected chi connectivity index (χ0v) is 12.0. The van der Waals surface area contributed by atoms with Gasteiger partial charge in [-0.3, -0.25) is 4.79 Å². The molecule has 1 saturated carbocycles. The average molecular weight is 284 g/mol. The van der Waals surface area contributed by atoms with Gasteiger partial charge in [-0.1, -0.05) is 12.8 Å². The standard InChI is InChI=1S/C14H24N2O4/c1-13(4-2-3-5-13)16-12(19)15-10-14(11(17)18)6-8-20-9-7-14/h2-10H2,1H3,(H,17,18)(H2,15,16,19). The molecule has 6 nitrogen and oxygen atoms in total. The number of aliphatic carboxylic acids is 1. The summed E-state index contributed by atoms with van der Waals surface area (Å²) >= 11 is 0. The van der Waals surface area contributed by atoms with Crippen LogP contribution in [0.1, 0.15) is 45.4 Å². The van der Waals surface area contributed by atoms with Crippen LogP contribution in [0, 0.1) is 5.41 Å². The Hall–Kier alpha value is -1.30. The SMILES string of the molecule is CC1(NC(=O)NCC2(C(=O)O)CCOCC2)CCCC1. The zero-order valence-electron chi connectivity index (χ0n) is 12.0. The van der Waals surface area contributed by atoms with Crippen molar-refractivity contribution in [2.24, 2.45) is 5.41 Å². The zero-order chi connectivity index (χ0) is 14.6. The van der Waals surface area contributed by atoms with Gasteiger partial charge in [0.15, 0.2) is 0 Å². The van der Waals surface area contributed by atoms with Gasteiger partial charge in [-0.25, -0.2) is 4.79 Å². The summed E-state index contributed by atoms with van der Waals surface area (Å²) in [5, 5.41) is 15.1. The number of urea groups is 1. The van der Waals surface area contributed by atoms with Crippen LogP contribution in [0.15, 0.2) is 0 Å². The summed E-state index contributed by atoms with van der Waals surface area (Å²) in [7, 11) is 0. The van der Waals surface area contributed by atoms with E-state index in [9.17, 15) is 14.7 Å². The lowest BCUT2D eigenvalue weighted by molar-refractivity contribution is -0.154. The minimum Gasteiger partial charge on any atom is -0.481 e. The number of carbonyl (C=O) groups excluding carboxylic acids is 1. The van der Waals surface area contributed by atoms with Crippen LogP contribution in [0.2, 0.25) is 0 Å². The molecule has 0 aromatic carbocycles. The number of carbonyl (C=O) groups is 2. The number of ether oxygens (including phenoxy) is 1. The Morgan fingerprint density at radius 1 is 1.15 bits per heavy atom. The summed E-state index contributed by atoms with van der Waals surface area (Å²) in [6, 6.07) is -0.262. The second kappa shape index (κ2) is 5.99. The van der Waals surface area contributed by atoms with Gasteiger partial charge in [0.2, 0.25) is 0 Å². The molecule has 0 atom stereocenters. The highest BCUT2D eigenvalue weighted by Crippen LogP contribution is 2.31. The molecule has 0 aromatic heterocycles. The fraction of sp³-hybridized carbons (Fsp3) is 0.857. The second-order valence-electron chi connectivity index (χ2n) is 6.27. The molecule has 0 radical (unpaired) electrons. The Labute approximate surface area is 119 Å². The number of hydrogen-bond acceptors (Lipinski definition) is 3. The van der Waals surface area contributed by atoms with Gasteiger partial charge in [-0.2, -0.15) is 0 Å². The first-order valence-electron chi connectivity index (χ1n) is 7.33. The summed E-state index contributed by atoms with van der Waals surface area (Å²) in [5.41, 5.74) is -1.03. The first kappa shape index (κ1) is 15.1. The molecule has 1 heterocycles. The van der Waals surface area contributed by atoms with Crippen molar-refractivity contribution in [2.75, 3.05) is 19.8 Å². The first-order valence-corrected chi connectivity index (χ1v) is 7.33. The van der Waals surface area contributed by atoms with E-state index in [2.05, 4.69) is 10.6 Å². The smallest absolute Gasteiger partial charge is 0.315 e. The molecule has 2 amide bonds. The highest BCUT2D eigenvalue weighted by molar-refractivity contribution is 5.78. The van der Waals surface area contributed by atoms with Crippen molar-refractivity contribution in [2.45, 2.75) is 51.0 Å². The number of hydrogen-bond donors (Lipinski definition) is 3. The van der Waals surface area contributed by atoms with Crippen LogP contribution in [0.25, 0.3) is 0 Å². The van der Waals surface area contributed by atoms with E-state index in [-0.39, 0.29) is 18.1 Å². The van der Waals surface area contributed by atoms with Crippen molar-refractivity contribution < 1.29 is 19.4 Å². The molecule has 1 aliphatic carbocycles. The number of carboxylic acids is 1. The van der Waals surface area contributed by atoms with E-state index in [1.54, 1.807) is 0 Å². The van der Waals surface area contributed by atoms with Gasteiger partial charge in [0.25, 0.3) is 0 Å². The van der Waals surface area contributed by atoms with Gasteiger partial charge in [0.1, 0.15) is 0 Å². The van der Waals surface area contributed by atoms with E-state index in [0.29, 0.717) is 26.1 Å². The van der Waals surface area contributed by atoms with Gasteiger partial charge < -0.3 is 20.5 Å². The van der Waals surface area contributed by atoms with Gasteiger partial charge in [-0.05, 0) is 32.6 Å². The molecule has 2 aliphatic rings. The average Bonchev–Trinajstić information content (AvgIpc) is 2.84. The minimum atomic E-state index is -0.883. The number of carboxylic acid groups (broad SMARTS) is 1. The van der Waals surface area contributed by atoms with Crippen LogP contribution < -0.4 is 10.6 Å². The minimum absolute atomic E-state index is 0.143. The second-order valence-corrected chi connectivity index (χ2v) is 6.27. The summed E-state index contributed by atoms with van der Waals surface area (Å²) < 4.78 is 5.21. The molecule has 114 valence electrons. The van der Waals surface area contributed by atoms with E-state index in [1.807, 2.05) is 6.92 Å². The lowest BCUT2D eigenvalue weighted by Crippen LogP contribution is -2.53. The van der Waals surface area contributed by atoms with E-state index in [0.717, 1.165) is 25.7 Å². The van der Waals surface area contributed by atoms with Crippen molar-refractivity contribution in [1.82, 2.24) is 10.6 Å². The Bertz CT molecular complexity index is 371. The van der Waals surface area contributed by atoms with Crippen LogP contribution in [0.5, 0.6) is 0 Å². The molecule has 0 aromatic rings. The van der Waals surface area contributed by atoms with Crippen LogP contribution in [0.3, 0.4) is 0 Å². The highest BCUT2D eigenvalue weighted by atomic mass is 16.5. The third-order valence-corrected chi connectivity index (χ3v) is 4.61. The Kier molecular flexibility index (Phi) is 4.52. The molecule has 2 fully saturated rings. The molecular weight excluding hydrogens is 260 g/mol. The van der Waals surface area contributed by atoms with Crippen molar-refractivity contribution in [3.63, 3.8) is 0 Å².